The van der Waals surface area contributed by atoms with Crippen molar-refractivity contribution in [1.82, 2.24) is 0 Å². The van der Waals surface area contributed by atoms with Crippen LogP contribution in [0, 0.1) is 11.8 Å². The molecule has 1 spiro atoms. The van der Waals surface area contributed by atoms with Gasteiger partial charge in [-0.15, -0.1) is 0 Å². The molecule has 1 aliphatic heterocycles. The second-order valence-corrected chi connectivity index (χ2v) is 6.73. The van der Waals surface area contributed by atoms with Gasteiger partial charge in [-0.05, 0) is 32.1 Å². The van der Waals surface area contributed by atoms with Crippen molar-refractivity contribution in [1.29, 1.82) is 0 Å². The number of carbonyl (C=O) groups is 1. The number of carbonyl (C=O) groups excluding carboxylic acids is 1. The molecule has 0 N–H and O–H groups in total. The molecule has 2 atom stereocenters. The molecule has 2 heteroatoms. The highest BCUT2D eigenvalue weighted by Gasteiger charge is 2.41. The van der Waals surface area contributed by atoms with Crippen molar-refractivity contribution in [2.45, 2.75) is 83.7 Å². The number of Topliss-reactive ketones (excluding diaryl/α,β-unsaturated/α-hetero) is 1. The smallest absolute Gasteiger partial charge is 0.138 e. The lowest BCUT2D eigenvalue weighted by Gasteiger charge is -2.43. The maximum atomic E-state index is 12.6. The largest absolute Gasteiger partial charge is 0.375 e. The third kappa shape index (κ3) is 3.81. The van der Waals surface area contributed by atoms with E-state index in [1.54, 1.807) is 0 Å². The summed E-state index contributed by atoms with van der Waals surface area (Å²) in [6, 6.07) is 0. The molecule has 2 aliphatic rings. The lowest BCUT2D eigenvalue weighted by molar-refractivity contribution is -0.145. The van der Waals surface area contributed by atoms with Crippen LogP contribution in [-0.4, -0.2) is 18.0 Å². The first-order valence-corrected chi connectivity index (χ1v) is 8.34. The van der Waals surface area contributed by atoms with Gasteiger partial charge in [-0.1, -0.05) is 46.0 Å². The van der Waals surface area contributed by atoms with E-state index in [9.17, 15) is 4.79 Å². The van der Waals surface area contributed by atoms with E-state index < -0.39 is 0 Å². The Bertz CT molecular complexity index is 286. The average molecular weight is 266 g/mol. The predicted molar refractivity (Wildman–Crippen MR) is 78.2 cm³/mol. The summed E-state index contributed by atoms with van der Waals surface area (Å²) in [6.07, 6.45) is 11.7. The molecule has 1 saturated carbocycles. The first-order valence-electron chi connectivity index (χ1n) is 8.34. The van der Waals surface area contributed by atoms with E-state index >= 15 is 0 Å². The van der Waals surface area contributed by atoms with Crippen molar-refractivity contribution in [2.75, 3.05) is 6.61 Å². The van der Waals surface area contributed by atoms with E-state index in [1.807, 2.05) is 0 Å². The Labute approximate surface area is 118 Å². The van der Waals surface area contributed by atoms with Crippen molar-refractivity contribution in [3.63, 3.8) is 0 Å². The van der Waals surface area contributed by atoms with E-state index in [-0.39, 0.29) is 17.4 Å². The van der Waals surface area contributed by atoms with E-state index in [0.717, 1.165) is 25.9 Å². The minimum atomic E-state index is 0.0707. The lowest BCUT2D eigenvalue weighted by Crippen LogP contribution is -2.44. The molecule has 0 aromatic carbocycles. The van der Waals surface area contributed by atoms with Crippen LogP contribution in [-0.2, 0) is 9.53 Å². The molecular formula is C17H30O2. The number of hydrogen-bond acceptors (Lipinski definition) is 2. The number of ketones is 1. The Morgan fingerprint density at radius 2 is 2.05 bits per heavy atom. The van der Waals surface area contributed by atoms with E-state index in [4.69, 9.17) is 4.74 Å². The third-order valence-electron chi connectivity index (χ3n) is 5.14. The number of rotatable bonds is 5. The van der Waals surface area contributed by atoms with Gasteiger partial charge in [-0.25, -0.2) is 0 Å². The van der Waals surface area contributed by atoms with Gasteiger partial charge in [0.1, 0.15) is 5.78 Å². The monoisotopic (exact) mass is 266 g/mol. The molecule has 0 radical (unpaired) electrons. The molecule has 2 rings (SSSR count). The fourth-order valence-corrected chi connectivity index (χ4v) is 3.87. The second kappa shape index (κ2) is 6.88. The van der Waals surface area contributed by atoms with Crippen molar-refractivity contribution in [3.8, 4) is 0 Å². The normalized spacial score (nSPS) is 28.2. The summed E-state index contributed by atoms with van der Waals surface area (Å²) in [4.78, 5) is 12.6. The molecule has 2 fully saturated rings. The maximum absolute atomic E-state index is 12.6. The Morgan fingerprint density at radius 3 is 2.74 bits per heavy atom. The molecule has 0 amide bonds. The summed E-state index contributed by atoms with van der Waals surface area (Å²) in [5.74, 6) is 1.05. The predicted octanol–water partition coefficient (Wildman–Crippen LogP) is 4.51. The fourth-order valence-electron chi connectivity index (χ4n) is 3.87. The SMILES string of the molecule is CCCCC(C)C(=O)C1CCOC2(CCCCC2)C1. The van der Waals surface area contributed by atoms with Gasteiger partial charge in [0, 0.05) is 18.4 Å². The van der Waals surface area contributed by atoms with Crippen LogP contribution in [0.3, 0.4) is 0 Å². The van der Waals surface area contributed by atoms with Gasteiger partial charge >= 0.3 is 0 Å². The Hall–Kier alpha value is -0.370. The van der Waals surface area contributed by atoms with Gasteiger partial charge in [0.2, 0.25) is 0 Å². The van der Waals surface area contributed by atoms with Crippen LogP contribution in [0.4, 0.5) is 0 Å². The van der Waals surface area contributed by atoms with Crippen LogP contribution in [0.2, 0.25) is 0 Å². The van der Waals surface area contributed by atoms with Crippen LogP contribution >= 0.6 is 0 Å². The third-order valence-corrected chi connectivity index (χ3v) is 5.14. The molecule has 0 aromatic rings. The van der Waals surface area contributed by atoms with Crippen molar-refractivity contribution in [3.05, 3.63) is 0 Å². The molecule has 1 aliphatic carbocycles. The quantitative estimate of drug-likeness (QED) is 0.731. The molecular weight excluding hydrogens is 236 g/mol. The lowest BCUT2D eigenvalue weighted by atomic mass is 9.73. The van der Waals surface area contributed by atoms with Crippen LogP contribution in [0.1, 0.15) is 78.1 Å². The summed E-state index contributed by atoms with van der Waals surface area (Å²) in [5.41, 5.74) is 0.0707. The number of ether oxygens (including phenoxy) is 1. The van der Waals surface area contributed by atoms with Gasteiger partial charge in [-0.3, -0.25) is 4.79 Å². The average Bonchev–Trinajstić information content (AvgIpc) is 2.45. The van der Waals surface area contributed by atoms with Crippen molar-refractivity contribution in [2.24, 2.45) is 11.8 Å². The highest BCUT2D eigenvalue weighted by molar-refractivity contribution is 5.83. The zero-order valence-corrected chi connectivity index (χ0v) is 12.7. The summed E-state index contributed by atoms with van der Waals surface area (Å²) in [7, 11) is 0. The Morgan fingerprint density at radius 1 is 1.32 bits per heavy atom. The number of unbranched alkanes of at least 4 members (excludes halogenated alkanes) is 1. The molecule has 0 bridgehead atoms. The van der Waals surface area contributed by atoms with Crippen molar-refractivity contribution >= 4 is 5.78 Å². The summed E-state index contributed by atoms with van der Waals surface area (Å²) >= 11 is 0. The topological polar surface area (TPSA) is 26.3 Å². The minimum Gasteiger partial charge on any atom is -0.375 e. The summed E-state index contributed by atoms with van der Waals surface area (Å²) in [5, 5.41) is 0. The highest BCUT2D eigenvalue weighted by Crippen LogP contribution is 2.41. The van der Waals surface area contributed by atoms with Crippen LogP contribution in [0.15, 0.2) is 0 Å². The molecule has 0 aromatic heterocycles. The van der Waals surface area contributed by atoms with E-state index in [2.05, 4.69) is 13.8 Å². The molecule has 1 heterocycles. The number of hydrogen-bond donors (Lipinski definition) is 0. The van der Waals surface area contributed by atoms with Gasteiger partial charge in [-0.2, -0.15) is 0 Å². The fraction of sp³-hybridized carbons (Fsp3) is 0.941. The first kappa shape index (κ1) is 15.0. The van der Waals surface area contributed by atoms with E-state index in [1.165, 1.54) is 44.9 Å². The van der Waals surface area contributed by atoms with Gasteiger partial charge in [0.05, 0.1) is 5.60 Å². The van der Waals surface area contributed by atoms with Gasteiger partial charge < -0.3 is 4.74 Å². The highest BCUT2D eigenvalue weighted by atomic mass is 16.5. The molecule has 2 nitrogen and oxygen atoms in total. The van der Waals surface area contributed by atoms with Gasteiger partial charge in [0.25, 0.3) is 0 Å². The Balaban J connectivity index is 1.91. The zero-order valence-electron chi connectivity index (χ0n) is 12.7. The first-order chi connectivity index (χ1) is 9.17. The van der Waals surface area contributed by atoms with Crippen LogP contribution in [0.5, 0.6) is 0 Å². The molecule has 110 valence electrons. The Kier molecular flexibility index (Phi) is 5.44. The van der Waals surface area contributed by atoms with Crippen LogP contribution in [0.25, 0.3) is 0 Å². The summed E-state index contributed by atoms with van der Waals surface area (Å²) < 4.78 is 6.10. The zero-order chi connectivity index (χ0) is 13.7. The maximum Gasteiger partial charge on any atom is 0.138 e. The molecule has 1 saturated heterocycles. The minimum absolute atomic E-state index is 0.0707. The van der Waals surface area contributed by atoms with E-state index in [0.29, 0.717) is 5.78 Å². The standard InChI is InChI=1S/C17H30O2/c1-3-4-8-14(2)16(18)15-9-12-19-17(13-15)10-6-5-7-11-17/h14-15H,3-13H2,1-2H3. The second-order valence-electron chi connectivity index (χ2n) is 6.73. The van der Waals surface area contributed by atoms with Crippen molar-refractivity contribution < 1.29 is 9.53 Å². The molecule has 19 heavy (non-hydrogen) atoms. The van der Waals surface area contributed by atoms with Crippen LogP contribution < -0.4 is 0 Å². The molecule has 2 unspecified atom stereocenters. The van der Waals surface area contributed by atoms with Gasteiger partial charge in [0.15, 0.2) is 0 Å². The summed E-state index contributed by atoms with van der Waals surface area (Å²) in [6.45, 7) is 5.13.